The Kier molecular flexibility index (Phi) is 3.38. The zero-order valence-corrected chi connectivity index (χ0v) is 11.7. The van der Waals surface area contributed by atoms with Gasteiger partial charge in [-0.05, 0) is 23.6 Å². The van der Waals surface area contributed by atoms with Crippen molar-refractivity contribution < 1.29 is 9.18 Å². The molecule has 0 radical (unpaired) electrons. The van der Waals surface area contributed by atoms with Crippen molar-refractivity contribution in [1.82, 2.24) is 9.78 Å². The van der Waals surface area contributed by atoms with Crippen LogP contribution in [0, 0.1) is 5.82 Å². The van der Waals surface area contributed by atoms with Gasteiger partial charge in [0.05, 0.1) is 21.2 Å². The maximum Gasteiger partial charge on any atom is 0.153 e. The van der Waals surface area contributed by atoms with E-state index in [1.54, 1.807) is 12.3 Å². The summed E-state index contributed by atoms with van der Waals surface area (Å²) < 4.78 is 15.0. The minimum atomic E-state index is -0.523. The zero-order valence-electron chi connectivity index (χ0n) is 10.1. The smallest absolute Gasteiger partial charge is 0.153 e. The van der Waals surface area contributed by atoms with Crippen molar-refractivity contribution in [2.24, 2.45) is 0 Å². The summed E-state index contributed by atoms with van der Waals surface area (Å²) in [7, 11) is 0. The molecule has 0 saturated heterocycles. The molecule has 20 heavy (non-hydrogen) atoms. The van der Waals surface area contributed by atoms with E-state index in [-0.39, 0.29) is 5.02 Å². The maximum atomic E-state index is 13.5. The highest BCUT2D eigenvalue weighted by molar-refractivity contribution is 7.13. The third kappa shape index (κ3) is 2.26. The normalized spacial score (nSPS) is 10.7. The Morgan fingerprint density at radius 1 is 1.35 bits per heavy atom. The second-order valence-corrected chi connectivity index (χ2v) is 5.43. The minimum absolute atomic E-state index is 0.0509. The molecule has 0 bridgehead atoms. The summed E-state index contributed by atoms with van der Waals surface area (Å²) in [6.07, 6.45) is 2.32. The third-order valence-corrected chi connectivity index (χ3v) is 3.97. The van der Waals surface area contributed by atoms with E-state index < -0.39 is 5.82 Å². The highest BCUT2D eigenvalue weighted by Crippen LogP contribution is 2.27. The highest BCUT2D eigenvalue weighted by Gasteiger charge is 2.13. The number of aldehydes is 1. The molecule has 0 amide bonds. The Morgan fingerprint density at radius 3 is 2.85 bits per heavy atom. The molecule has 1 aromatic carbocycles. The molecule has 3 nitrogen and oxygen atoms in total. The first-order chi connectivity index (χ1) is 9.69. The van der Waals surface area contributed by atoms with E-state index >= 15 is 0 Å². The van der Waals surface area contributed by atoms with E-state index in [1.165, 1.54) is 28.2 Å². The quantitative estimate of drug-likeness (QED) is 0.680. The fraction of sp³-hybridized carbons (Fsp3) is 0. The van der Waals surface area contributed by atoms with Crippen LogP contribution in [0.1, 0.15) is 10.4 Å². The Labute approximate surface area is 123 Å². The van der Waals surface area contributed by atoms with E-state index in [1.807, 2.05) is 17.5 Å². The number of rotatable bonds is 3. The Bertz CT molecular complexity index is 768. The summed E-state index contributed by atoms with van der Waals surface area (Å²) >= 11 is 7.14. The lowest BCUT2D eigenvalue weighted by Crippen LogP contribution is -1.95. The van der Waals surface area contributed by atoms with Crippen molar-refractivity contribution in [3.05, 3.63) is 58.3 Å². The molecule has 0 aliphatic rings. The molecule has 0 fully saturated rings. The first-order valence-corrected chi connectivity index (χ1v) is 6.99. The molecule has 0 aliphatic carbocycles. The lowest BCUT2D eigenvalue weighted by Gasteiger charge is -2.02. The van der Waals surface area contributed by atoms with Gasteiger partial charge < -0.3 is 0 Å². The lowest BCUT2D eigenvalue weighted by atomic mass is 10.2. The largest absolute Gasteiger partial charge is 0.298 e. The molecule has 0 saturated carbocycles. The molecular formula is C14H8ClFN2OS. The number of aromatic nitrogens is 2. The van der Waals surface area contributed by atoms with Crippen LogP contribution in [-0.2, 0) is 0 Å². The Balaban J connectivity index is 2.11. The zero-order chi connectivity index (χ0) is 14.1. The van der Waals surface area contributed by atoms with Crippen LogP contribution < -0.4 is 0 Å². The average molecular weight is 307 g/mol. The molecule has 0 spiro atoms. The van der Waals surface area contributed by atoms with Gasteiger partial charge in [0, 0.05) is 12.3 Å². The van der Waals surface area contributed by atoms with Gasteiger partial charge in [-0.2, -0.15) is 5.10 Å². The van der Waals surface area contributed by atoms with Crippen LogP contribution in [0.25, 0.3) is 16.3 Å². The molecule has 3 aromatic rings. The SMILES string of the molecule is O=Cc1cn(-c2ccc(Cl)c(F)c2)nc1-c1cccs1. The van der Waals surface area contributed by atoms with E-state index in [4.69, 9.17) is 11.6 Å². The number of halogens is 2. The van der Waals surface area contributed by atoms with Crippen LogP contribution in [0.2, 0.25) is 5.02 Å². The fourth-order valence-electron chi connectivity index (χ4n) is 1.84. The average Bonchev–Trinajstić information content (AvgIpc) is 3.09. The van der Waals surface area contributed by atoms with Crippen LogP contribution in [0.3, 0.4) is 0 Å². The number of thiophene rings is 1. The summed E-state index contributed by atoms with van der Waals surface area (Å²) in [4.78, 5) is 12.0. The van der Waals surface area contributed by atoms with Crippen molar-refractivity contribution in [3.8, 4) is 16.3 Å². The molecule has 6 heteroatoms. The van der Waals surface area contributed by atoms with E-state index in [0.717, 1.165) is 11.2 Å². The second-order valence-electron chi connectivity index (χ2n) is 4.07. The number of benzene rings is 1. The predicted molar refractivity (Wildman–Crippen MR) is 77.2 cm³/mol. The number of nitrogens with zero attached hydrogens (tertiary/aromatic N) is 2. The van der Waals surface area contributed by atoms with E-state index in [0.29, 0.717) is 16.9 Å². The molecular weight excluding hydrogens is 299 g/mol. The van der Waals surface area contributed by atoms with Gasteiger partial charge in [-0.1, -0.05) is 17.7 Å². The number of carbonyl (C=O) groups is 1. The summed E-state index contributed by atoms with van der Waals surface area (Å²) in [5, 5.41) is 6.31. The summed E-state index contributed by atoms with van der Waals surface area (Å²) in [5.41, 5.74) is 1.56. The number of hydrogen-bond donors (Lipinski definition) is 0. The van der Waals surface area contributed by atoms with Gasteiger partial charge in [-0.25, -0.2) is 9.07 Å². The third-order valence-electron chi connectivity index (χ3n) is 2.79. The standard InChI is InChI=1S/C14H8ClFN2OS/c15-11-4-3-10(6-12(11)16)18-7-9(8-19)14(17-18)13-2-1-5-20-13/h1-8H. The first-order valence-electron chi connectivity index (χ1n) is 5.73. The molecule has 0 aliphatic heterocycles. The monoisotopic (exact) mass is 306 g/mol. The molecule has 0 unspecified atom stereocenters. The molecule has 0 atom stereocenters. The highest BCUT2D eigenvalue weighted by atomic mass is 35.5. The van der Waals surface area contributed by atoms with Gasteiger partial charge >= 0.3 is 0 Å². The minimum Gasteiger partial charge on any atom is -0.298 e. The Hall–Kier alpha value is -1.98. The number of carbonyl (C=O) groups excluding carboxylic acids is 1. The molecule has 2 aromatic heterocycles. The van der Waals surface area contributed by atoms with Crippen LogP contribution in [0.5, 0.6) is 0 Å². The van der Waals surface area contributed by atoms with E-state index in [9.17, 15) is 9.18 Å². The van der Waals surface area contributed by atoms with Gasteiger partial charge in [-0.15, -0.1) is 11.3 Å². The predicted octanol–water partition coefficient (Wildman–Crippen LogP) is 4.21. The van der Waals surface area contributed by atoms with Crippen molar-refractivity contribution in [1.29, 1.82) is 0 Å². The topological polar surface area (TPSA) is 34.9 Å². The molecule has 0 N–H and O–H groups in total. The number of hydrogen-bond acceptors (Lipinski definition) is 3. The van der Waals surface area contributed by atoms with Crippen molar-refractivity contribution >= 4 is 29.2 Å². The van der Waals surface area contributed by atoms with Gasteiger partial charge in [-0.3, -0.25) is 4.79 Å². The summed E-state index contributed by atoms with van der Waals surface area (Å²) in [5.74, 6) is -0.523. The molecule has 100 valence electrons. The van der Waals surface area contributed by atoms with Crippen molar-refractivity contribution in [3.63, 3.8) is 0 Å². The first kappa shape index (κ1) is 13.0. The Morgan fingerprint density at radius 2 is 2.20 bits per heavy atom. The maximum absolute atomic E-state index is 13.5. The van der Waals surface area contributed by atoms with E-state index in [2.05, 4.69) is 5.10 Å². The lowest BCUT2D eigenvalue weighted by molar-refractivity contribution is 0.112. The van der Waals surface area contributed by atoms with Crippen molar-refractivity contribution in [2.75, 3.05) is 0 Å². The second kappa shape index (κ2) is 5.19. The van der Waals surface area contributed by atoms with Crippen LogP contribution in [0.4, 0.5) is 4.39 Å². The van der Waals surface area contributed by atoms with Gasteiger partial charge in [0.25, 0.3) is 0 Å². The van der Waals surface area contributed by atoms with Crippen LogP contribution in [-0.4, -0.2) is 16.1 Å². The van der Waals surface area contributed by atoms with Gasteiger partial charge in [0.2, 0.25) is 0 Å². The summed E-state index contributed by atoms with van der Waals surface area (Å²) in [6, 6.07) is 8.15. The molecule has 3 rings (SSSR count). The van der Waals surface area contributed by atoms with Gasteiger partial charge in [0.15, 0.2) is 6.29 Å². The van der Waals surface area contributed by atoms with Crippen LogP contribution in [0.15, 0.2) is 41.9 Å². The summed E-state index contributed by atoms with van der Waals surface area (Å²) in [6.45, 7) is 0. The van der Waals surface area contributed by atoms with Crippen molar-refractivity contribution in [2.45, 2.75) is 0 Å². The van der Waals surface area contributed by atoms with Crippen LogP contribution >= 0.6 is 22.9 Å². The van der Waals surface area contributed by atoms with Gasteiger partial charge in [0.1, 0.15) is 11.5 Å². The fourth-order valence-corrected chi connectivity index (χ4v) is 2.69. The molecule has 2 heterocycles.